The van der Waals surface area contributed by atoms with Crippen molar-refractivity contribution in [1.82, 2.24) is 0 Å². The minimum absolute atomic E-state index is 0.262. The van der Waals surface area contributed by atoms with E-state index in [4.69, 9.17) is 15.2 Å². The molecular formula is C11H14BrNO2. The van der Waals surface area contributed by atoms with Gasteiger partial charge < -0.3 is 15.2 Å². The highest BCUT2D eigenvalue weighted by molar-refractivity contribution is 9.10. The molecule has 1 aromatic carbocycles. The predicted molar refractivity (Wildman–Crippen MR) is 64.4 cm³/mol. The minimum Gasteiger partial charge on any atom is -0.496 e. The van der Waals surface area contributed by atoms with Gasteiger partial charge in [0.1, 0.15) is 11.5 Å². The van der Waals surface area contributed by atoms with Gasteiger partial charge in [-0.15, -0.1) is 6.58 Å². The standard InChI is InChI=1S/C11H14BrNO2/c1-4-9(13)7-5-11(15-3)8(12)6-10(7)14-2/h4-6,9H,1,13H2,2-3H3/t9-/m1/s1. The Morgan fingerprint density at radius 1 is 1.33 bits per heavy atom. The van der Waals surface area contributed by atoms with Crippen LogP contribution in [0.25, 0.3) is 0 Å². The number of rotatable bonds is 4. The molecule has 15 heavy (non-hydrogen) atoms. The van der Waals surface area contributed by atoms with Crippen molar-refractivity contribution in [2.45, 2.75) is 6.04 Å². The van der Waals surface area contributed by atoms with Crippen molar-refractivity contribution >= 4 is 15.9 Å². The summed E-state index contributed by atoms with van der Waals surface area (Å²) in [6, 6.07) is 3.41. The first-order valence-electron chi connectivity index (χ1n) is 4.43. The van der Waals surface area contributed by atoms with Crippen molar-refractivity contribution < 1.29 is 9.47 Å². The third-order valence-corrected chi connectivity index (χ3v) is 2.74. The summed E-state index contributed by atoms with van der Waals surface area (Å²) in [7, 11) is 3.21. The number of methoxy groups -OCH3 is 2. The number of halogens is 1. The Kier molecular flexibility index (Phi) is 4.17. The van der Waals surface area contributed by atoms with Crippen LogP contribution in [0, 0.1) is 0 Å². The van der Waals surface area contributed by atoms with Gasteiger partial charge in [0, 0.05) is 5.56 Å². The molecule has 3 nitrogen and oxygen atoms in total. The Bertz CT molecular complexity index is 366. The lowest BCUT2D eigenvalue weighted by molar-refractivity contribution is 0.395. The maximum absolute atomic E-state index is 5.88. The lowest BCUT2D eigenvalue weighted by Crippen LogP contribution is -2.08. The van der Waals surface area contributed by atoms with E-state index in [1.807, 2.05) is 12.1 Å². The van der Waals surface area contributed by atoms with E-state index in [9.17, 15) is 0 Å². The van der Waals surface area contributed by atoms with Crippen molar-refractivity contribution in [3.8, 4) is 11.5 Å². The highest BCUT2D eigenvalue weighted by atomic mass is 79.9. The van der Waals surface area contributed by atoms with E-state index in [0.29, 0.717) is 0 Å². The summed E-state index contributed by atoms with van der Waals surface area (Å²) in [5, 5.41) is 0. The second-order valence-corrected chi connectivity index (χ2v) is 3.84. The normalized spacial score (nSPS) is 12.0. The van der Waals surface area contributed by atoms with E-state index in [1.165, 1.54) is 0 Å². The summed E-state index contributed by atoms with van der Waals surface area (Å²) >= 11 is 3.38. The molecule has 1 atom stereocenters. The molecule has 0 radical (unpaired) electrons. The van der Waals surface area contributed by atoms with E-state index in [0.717, 1.165) is 21.5 Å². The smallest absolute Gasteiger partial charge is 0.133 e. The molecule has 0 saturated carbocycles. The molecule has 0 aliphatic rings. The molecule has 0 fully saturated rings. The molecule has 0 amide bonds. The molecule has 0 saturated heterocycles. The van der Waals surface area contributed by atoms with Crippen LogP contribution >= 0.6 is 15.9 Å². The molecule has 0 aliphatic heterocycles. The molecule has 1 aromatic rings. The number of hydrogen-bond donors (Lipinski definition) is 1. The molecule has 0 spiro atoms. The fourth-order valence-corrected chi connectivity index (χ4v) is 1.76. The summed E-state index contributed by atoms with van der Waals surface area (Å²) in [5.74, 6) is 1.44. The Morgan fingerprint density at radius 3 is 2.40 bits per heavy atom. The Labute approximate surface area is 98.0 Å². The van der Waals surface area contributed by atoms with Crippen LogP contribution < -0.4 is 15.2 Å². The van der Waals surface area contributed by atoms with E-state index < -0.39 is 0 Å². The van der Waals surface area contributed by atoms with Crippen molar-refractivity contribution in [1.29, 1.82) is 0 Å². The molecule has 0 unspecified atom stereocenters. The Hall–Kier alpha value is -1.00. The van der Waals surface area contributed by atoms with Crippen LogP contribution in [0.5, 0.6) is 11.5 Å². The number of benzene rings is 1. The summed E-state index contributed by atoms with van der Waals surface area (Å²) in [4.78, 5) is 0. The fraction of sp³-hybridized carbons (Fsp3) is 0.273. The molecule has 4 heteroatoms. The molecule has 0 heterocycles. The van der Waals surface area contributed by atoms with Gasteiger partial charge in [-0.2, -0.15) is 0 Å². The molecule has 82 valence electrons. The number of ether oxygens (including phenoxy) is 2. The zero-order valence-electron chi connectivity index (χ0n) is 8.79. The third-order valence-electron chi connectivity index (χ3n) is 2.12. The quantitative estimate of drug-likeness (QED) is 0.857. The summed E-state index contributed by atoms with van der Waals surface area (Å²) in [5.41, 5.74) is 6.73. The lowest BCUT2D eigenvalue weighted by Gasteiger charge is -2.14. The number of nitrogens with two attached hydrogens (primary N) is 1. The van der Waals surface area contributed by atoms with E-state index in [1.54, 1.807) is 20.3 Å². The van der Waals surface area contributed by atoms with Gasteiger partial charge in [0.25, 0.3) is 0 Å². The Morgan fingerprint density at radius 2 is 1.93 bits per heavy atom. The highest BCUT2D eigenvalue weighted by Crippen LogP contribution is 2.35. The molecule has 0 aliphatic carbocycles. The van der Waals surface area contributed by atoms with Gasteiger partial charge in [0.15, 0.2) is 0 Å². The van der Waals surface area contributed by atoms with Crippen molar-refractivity contribution in [3.63, 3.8) is 0 Å². The zero-order chi connectivity index (χ0) is 11.4. The first kappa shape index (κ1) is 12.1. The molecular weight excluding hydrogens is 258 g/mol. The monoisotopic (exact) mass is 271 g/mol. The van der Waals surface area contributed by atoms with Crippen LogP contribution in [0.15, 0.2) is 29.3 Å². The average molecular weight is 272 g/mol. The van der Waals surface area contributed by atoms with Crippen molar-refractivity contribution in [2.24, 2.45) is 5.73 Å². The predicted octanol–water partition coefficient (Wildman–Crippen LogP) is 2.65. The minimum atomic E-state index is -0.262. The van der Waals surface area contributed by atoms with Crippen LogP contribution in [0.3, 0.4) is 0 Å². The summed E-state index contributed by atoms with van der Waals surface area (Å²) < 4.78 is 11.3. The lowest BCUT2D eigenvalue weighted by atomic mass is 10.1. The van der Waals surface area contributed by atoms with Crippen LogP contribution in [-0.4, -0.2) is 14.2 Å². The summed E-state index contributed by atoms with van der Waals surface area (Å²) in [6.45, 7) is 3.66. The van der Waals surface area contributed by atoms with Crippen LogP contribution in [0.1, 0.15) is 11.6 Å². The first-order chi connectivity index (χ1) is 7.13. The maximum atomic E-state index is 5.88. The fourth-order valence-electron chi connectivity index (χ4n) is 1.27. The molecule has 2 N–H and O–H groups in total. The van der Waals surface area contributed by atoms with E-state index in [2.05, 4.69) is 22.5 Å². The van der Waals surface area contributed by atoms with Crippen LogP contribution in [-0.2, 0) is 0 Å². The number of hydrogen-bond acceptors (Lipinski definition) is 3. The van der Waals surface area contributed by atoms with Crippen molar-refractivity contribution in [2.75, 3.05) is 14.2 Å². The van der Waals surface area contributed by atoms with E-state index >= 15 is 0 Å². The second-order valence-electron chi connectivity index (χ2n) is 2.99. The second kappa shape index (κ2) is 5.19. The average Bonchev–Trinajstić information content (AvgIpc) is 2.27. The molecule has 0 aromatic heterocycles. The van der Waals surface area contributed by atoms with E-state index in [-0.39, 0.29) is 6.04 Å². The summed E-state index contributed by atoms with van der Waals surface area (Å²) in [6.07, 6.45) is 1.66. The van der Waals surface area contributed by atoms with Gasteiger partial charge >= 0.3 is 0 Å². The van der Waals surface area contributed by atoms with Crippen molar-refractivity contribution in [3.05, 3.63) is 34.8 Å². The van der Waals surface area contributed by atoms with Gasteiger partial charge in [-0.1, -0.05) is 6.08 Å². The zero-order valence-corrected chi connectivity index (χ0v) is 10.4. The third kappa shape index (κ3) is 2.52. The van der Waals surface area contributed by atoms with Gasteiger partial charge in [-0.05, 0) is 28.1 Å². The SMILES string of the molecule is C=C[C@@H](N)c1cc(OC)c(Br)cc1OC. The topological polar surface area (TPSA) is 44.5 Å². The van der Waals surface area contributed by atoms with Gasteiger partial charge in [-0.3, -0.25) is 0 Å². The largest absolute Gasteiger partial charge is 0.496 e. The van der Waals surface area contributed by atoms with Crippen LogP contribution in [0.2, 0.25) is 0 Å². The Balaban J connectivity index is 3.28. The van der Waals surface area contributed by atoms with Crippen LogP contribution in [0.4, 0.5) is 0 Å². The highest BCUT2D eigenvalue weighted by Gasteiger charge is 2.13. The van der Waals surface area contributed by atoms with Gasteiger partial charge in [0.05, 0.1) is 24.7 Å². The maximum Gasteiger partial charge on any atom is 0.133 e. The van der Waals surface area contributed by atoms with Gasteiger partial charge in [-0.25, -0.2) is 0 Å². The van der Waals surface area contributed by atoms with Gasteiger partial charge in [0.2, 0.25) is 0 Å². The molecule has 0 bridgehead atoms. The molecule has 1 rings (SSSR count). The first-order valence-corrected chi connectivity index (χ1v) is 5.23.